The number of nitrogens with zero attached hydrogens (tertiary/aromatic N) is 2. The molecule has 0 spiro atoms. The maximum Gasteiger partial charge on any atom is 0.0995 e. The first kappa shape index (κ1) is 14.3. The van der Waals surface area contributed by atoms with Crippen LogP contribution in [0.5, 0.6) is 0 Å². The molecule has 3 heteroatoms. The van der Waals surface area contributed by atoms with Crippen molar-refractivity contribution in [2.24, 2.45) is 11.8 Å². The smallest absolute Gasteiger partial charge is 0.0995 e. The highest BCUT2D eigenvalue weighted by molar-refractivity contribution is 5.46. The minimum absolute atomic E-state index is 0.423. The van der Waals surface area contributed by atoms with Crippen molar-refractivity contribution in [2.75, 3.05) is 0 Å². The Balaban J connectivity index is 1.65. The monoisotopic (exact) mass is 284 g/mol. The van der Waals surface area contributed by atoms with Gasteiger partial charge in [0.2, 0.25) is 0 Å². The maximum atomic E-state index is 10.5. The van der Waals surface area contributed by atoms with Crippen LogP contribution in [-0.4, -0.2) is 14.5 Å². The lowest BCUT2D eigenvalue weighted by Gasteiger charge is -2.29. The number of allylic oxidation sites excluding steroid dienone is 1. The number of pyridine rings is 1. The van der Waals surface area contributed by atoms with Crippen LogP contribution in [-0.2, 0) is 0 Å². The van der Waals surface area contributed by atoms with E-state index in [0.29, 0.717) is 5.92 Å². The van der Waals surface area contributed by atoms with Crippen LogP contribution in [0.3, 0.4) is 0 Å². The Morgan fingerprint density at radius 1 is 1.43 bits per heavy atom. The molecular weight excluding hydrogens is 260 g/mol. The van der Waals surface area contributed by atoms with Gasteiger partial charge in [-0.1, -0.05) is 25.1 Å². The number of imidazole rings is 1. The van der Waals surface area contributed by atoms with Crippen LogP contribution in [0.25, 0.3) is 5.52 Å². The van der Waals surface area contributed by atoms with E-state index in [1.807, 2.05) is 28.8 Å². The Hall–Kier alpha value is -1.61. The van der Waals surface area contributed by atoms with Gasteiger partial charge in [-0.2, -0.15) is 0 Å². The number of hydrogen-bond donors (Lipinski definition) is 1. The van der Waals surface area contributed by atoms with Gasteiger partial charge in [0.05, 0.1) is 29.8 Å². The van der Waals surface area contributed by atoms with Gasteiger partial charge < -0.3 is 9.51 Å². The minimum Gasteiger partial charge on any atom is -0.387 e. The zero-order chi connectivity index (χ0) is 14.8. The van der Waals surface area contributed by atoms with Crippen molar-refractivity contribution in [1.29, 1.82) is 0 Å². The van der Waals surface area contributed by atoms with Gasteiger partial charge in [-0.05, 0) is 56.1 Å². The van der Waals surface area contributed by atoms with Crippen molar-refractivity contribution in [1.82, 2.24) is 9.38 Å². The molecule has 1 aliphatic rings. The second-order valence-corrected chi connectivity index (χ2v) is 6.60. The van der Waals surface area contributed by atoms with Crippen LogP contribution < -0.4 is 0 Å². The van der Waals surface area contributed by atoms with E-state index >= 15 is 0 Å². The van der Waals surface area contributed by atoms with E-state index in [0.717, 1.165) is 36.4 Å². The summed E-state index contributed by atoms with van der Waals surface area (Å²) in [6.45, 7) is 6.46. The van der Waals surface area contributed by atoms with E-state index < -0.39 is 6.10 Å². The molecule has 2 heterocycles. The Morgan fingerprint density at radius 2 is 2.29 bits per heavy atom. The molecular formula is C18H24N2O. The van der Waals surface area contributed by atoms with Crippen LogP contribution in [0.15, 0.2) is 42.9 Å². The summed E-state index contributed by atoms with van der Waals surface area (Å²) in [5.41, 5.74) is 3.35. The molecule has 0 aromatic carbocycles. The number of aliphatic hydroxyl groups excluding tert-OH is 1. The van der Waals surface area contributed by atoms with Crippen molar-refractivity contribution >= 4 is 5.52 Å². The Morgan fingerprint density at radius 3 is 3.10 bits per heavy atom. The van der Waals surface area contributed by atoms with Crippen LogP contribution in [0, 0.1) is 11.8 Å². The highest BCUT2D eigenvalue weighted by Gasteiger charge is 2.22. The summed E-state index contributed by atoms with van der Waals surface area (Å²) in [6.07, 6.45) is 8.62. The molecule has 21 heavy (non-hydrogen) atoms. The second kappa shape index (κ2) is 6.02. The number of rotatable bonds is 4. The van der Waals surface area contributed by atoms with Crippen LogP contribution in [0.4, 0.5) is 0 Å². The van der Waals surface area contributed by atoms with Gasteiger partial charge in [-0.15, -0.1) is 0 Å². The van der Waals surface area contributed by atoms with Crippen molar-refractivity contribution in [3.63, 3.8) is 0 Å². The maximum absolute atomic E-state index is 10.5. The molecule has 3 nitrogen and oxygen atoms in total. The molecule has 0 aliphatic heterocycles. The predicted molar refractivity (Wildman–Crippen MR) is 85.0 cm³/mol. The molecule has 1 fully saturated rings. The molecule has 3 rings (SSSR count). The molecule has 112 valence electrons. The van der Waals surface area contributed by atoms with Crippen LogP contribution in [0.1, 0.15) is 50.8 Å². The molecule has 3 atom stereocenters. The molecule has 0 bridgehead atoms. The van der Waals surface area contributed by atoms with E-state index in [1.165, 1.54) is 18.4 Å². The zero-order valence-electron chi connectivity index (χ0n) is 12.7. The molecule has 0 radical (unpaired) electrons. The topological polar surface area (TPSA) is 37.5 Å². The highest BCUT2D eigenvalue weighted by atomic mass is 16.3. The second-order valence-electron chi connectivity index (χ2n) is 6.60. The highest BCUT2D eigenvalue weighted by Crippen LogP contribution is 2.35. The summed E-state index contributed by atoms with van der Waals surface area (Å²) in [4.78, 5) is 4.15. The largest absolute Gasteiger partial charge is 0.387 e. The molecule has 1 N–H and O–H groups in total. The van der Waals surface area contributed by atoms with Gasteiger partial charge in [0.25, 0.3) is 0 Å². The number of aromatic nitrogens is 2. The lowest BCUT2D eigenvalue weighted by atomic mass is 9.77. The third-order valence-electron chi connectivity index (χ3n) is 4.62. The molecule has 0 saturated heterocycles. The van der Waals surface area contributed by atoms with E-state index in [4.69, 9.17) is 0 Å². The standard InChI is InChI=1S/C18H24N2O/c1-13-8-14(2)10-15(9-13)6-7-18(21)17-5-3-4-16-11-19-12-20(16)17/h3-5,11-12,14-15,18,21H,1,6-10H2,2H3. The first-order chi connectivity index (χ1) is 10.1. The lowest BCUT2D eigenvalue weighted by molar-refractivity contribution is 0.145. The number of hydrogen-bond acceptors (Lipinski definition) is 2. The summed E-state index contributed by atoms with van der Waals surface area (Å²) in [7, 11) is 0. The third kappa shape index (κ3) is 3.18. The van der Waals surface area contributed by atoms with Crippen molar-refractivity contribution < 1.29 is 5.11 Å². The lowest BCUT2D eigenvalue weighted by Crippen LogP contribution is -2.16. The number of fused-ring (bicyclic) bond motifs is 1. The average molecular weight is 284 g/mol. The van der Waals surface area contributed by atoms with Gasteiger partial charge >= 0.3 is 0 Å². The van der Waals surface area contributed by atoms with Gasteiger partial charge in [0.15, 0.2) is 0 Å². The number of aliphatic hydroxyl groups is 1. The molecule has 3 unspecified atom stereocenters. The first-order valence-corrected chi connectivity index (χ1v) is 7.89. The normalized spacial score (nSPS) is 24.4. The van der Waals surface area contributed by atoms with Crippen LogP contribution in [0.2, 0.25) is 0 Å². The van der Waals surface area contributed by atoms with E-state index in [-0.39, 0.29) is 0 Å². The van der Waals surface area contributed by atoms with Gasteiger partial charge in [0, 0.05) is 0 Å². The van der Waals surface area contributed by atoms with Crippen molar-refractivity contribution in [2.45, 2.75) is 45.1 Å². The van der Waals surface area contributed by atoms with Crippen molar-refractivity contribution in [3.05, 3.63) is 48.6 Å². The predicted octanol–water partition coefficient (Wildman–Crippen LogP) is 4.14. The SMILES string of the molecule is C=C1CC(C)CC(CCC(O)c2cccc3cncn23)C1. The fraction of sp³-hybridized carbons (Fsp3) is 0.500. The summed E-state index contributed by atoms with van der Waals surface area (Å²) < 4.78 is 1.98. The van der Waals surface area contributed by atoms with Crippen molar-refractivity contribution in [3.8, 4) is 0 Å². The van der Waals surface area contributed by atoms with E-state index in [2.05, 4.69) is 18.5 Å². The Kier molecular flexibility index (Phi) is 4.11. The fourth-order valence-electron chi connectivity index (χ4n) is 3.72. The minimum atomic E-state index is -0.423. The average Bonchev–Trinajstić information content (AvgIpc) is 2.92. The van der Waals surface area contributed by atoms with E-state index in [1.54, 1.807) is 6.33 Å². The summed E-state index contributed by atoms with van der Waals surface area (Å²) in [6, 6.07) is 5.98. The third-order valence-corrected chi connectivity index (χ3v) is 4.62. The zero-order valence-corrected chi connectivity index (χ0v) is 12.7. The Labute approximate surface area is 126 Å². The van der Waals surface area contributed by atoms with Gasteiger partial charge in [0.1, 0.15) is 0 Å². The quantitative estimate of drug-likeness (QED) is 0.857. The Bertz CT molecular complexity index is 631. The fourth-order valence-corrected chi connectivity index (χ4v) is 3.72. The molecule has 0 amide bonds. The molecule has 1 saturated carbocycles. The summed E-state index contributed by atoms with van der Waals surface area (Å²) in [5.74, 6) is 1.42. The summed E-state index contributed by atoms with van der Waals surface area (Å²) in [5, 5.41) is 10.5. The first-order valence-electron chi connectivity index (χ1n) is 7.89. The summed E-state index contributed by atoms with van der Waals surface area (Å²) >= 11 is 0. The van der Waals surface area contributed by atoms with Crippen LogP contribution >= 0.6 is 0 Å². The molecule has 2 aromatic heterocycles. The van der Waals surface area contributed by atoms with E-state index in [9.17, 15) is 5.11 Å². The molecule has 1 aliphatic carbocycles. The van der Waals surface area contributed by atoms with Gasteiger partial charge in [-0.25, -0.2) is 4.98 Å². The molecule has 2 aromatic rings. The van der Waals surface area contributed by atoms with Gasteiger partial charge in [-0.3, -0.25) is 0 Å².